The van der Waals surface area contributed by atoms with Gasteiger partial charge in [0.2, 0.25) is 0 Å². The molecule has 9 nitrogen and oxygen atoms in total. The van der Waals surface area contributed by atoms with Crippen LogP contribution >= 0.6 is 0 Å². The van der Waals surface area contributed by atoms with Gasteiger partial charge in [-0.05, 0) is 13.8 Å². The Morgan fingerprint density at radius 1 is 0.783 bits per heavy atom. The Kier molecular flexibility index (Phi) is 8.14. The third kappa shape index (κ3) is 9.81. The molecule has 0 aromatic heterocycles. The summed E-state index contributed by atoms with van der Waals surface area (Å²) in [5.41, 5.74) is 0.130. The van der Waals surface area contributed by atoms with Crippen molar-refractivity contribution in [1.82, 2.24) is 0 Å². The van der Waals surface area contributed by atoms with E-state index in [1.807, 2.05) is 0 Å². The highest BCUT2D eigenvalue weighted by molar-refractivity contribution is 7.99. The average molecular weight is 370 g/mol. The van der Waals surface area contributed by atoms with E-state index in [1.165, 1.54) is 13.8 Å². The van der Waals surface area contributed by atoms with Crippen LogP contribution in [0.2, 0.25) is 0 Å². The Morgan fingerprint density at radius 2 is 1.09 bits per heavy atom. The molecule has 0 unspecified atom stereocenters. The molecule has 0 aliphatic carbocycles. The summed E-state index contributed by atoms with van der Waals surface area (Å²) >= 11 is 0. The highest BCUT2D eigenvalue weighted by Crippen LogP contribution is 2.04. The van der Waals surface area contributed by atoms with Crippen molar-refractivity contribution in [1.29, 1.82) is 0 Å². The Labute approximate surface area is 135 Å². The van der Waals surface area contributed by atoms with Gasteiger partial charge in [0.25, 0.3) is 20.2 Å². The van der Waals surface area contributed by atoms with Gasteiger partial charge in [-0.25, -0.2) is 9.59 Å². The fraction of sp³-hybridized carbons (Fsp3) is 0.500. The van der Waals surface area contributed by atoms with Crippen LogP contribution in [0.25, 0.3) is 0 Å². The number of carbonyl (C=O) groups is 2. The molecule has 0 aromatic rings. The van der Waals surface area contributed by atoms with E-state index in [9.17, 15) is 26.4 Å². The number of esters is 2. The number of ether oxygens (including phenoxy) is 2. The van der Waals surface area contributed by atoms with Gasteiger partial charge in [-0.15, -0.1) is 3.63 Å². The largest absolute Gasteiger partial charge is 0.461 e. The second-order valence-corrected chi connectivity index (χ2v) is 8.02. The molecule has 23 heavy (non-hydrogen) atoms. The molecule has 0 heterocycles. The molecule has 0 rings (SSSR count). The lowest BCUT2D eigenvalue weighted by Gasteiger charge is -2.08. The summed E-state index contributed by atoms with van der Waals surface area (Å²) in [5.74, 6) is -3.32. The van der Waals surface area contributed by atoms with E-state index in [4.69, 9.17) is 0 Å². The first kappa shape index (κ1) is 21.3. The molecule has 11 heteroatoms. The van der Waals surface area contributed by atoms with Crippen LogP contribution in [-0.2, 0) is 42.9 Å². The van der Waals surface area contributed by atoms with Gasteiger partial charge in [0.1, 0.15) is 24.7 Å². The molecule has 0 aromatic carbocycles. The molecule has 0 aliphatic rings. The van der Waals surface area contributed by atoms with Crippen molar-refractivity contribution in [2.24, 2.45) is 0 Å². The summed E-state index contributed by atoms with van der Waals surface area (Å²) in [5, 5.41) is 0. The number of rotatable bonds is 10. The molecule has 0 radical (unpaired) electrons. The van der Waals surface area contributed by atoms with E-state index in [-0.39, 0.29) is 11.1 Å². The van der Waals surface area contributed by atoms with E-state index in [0.717, 1.165) is 0 Å². The van der Waals surface area contributed by atoms with Crippen LogP contribution in [0.4, 0.5) is 0 Å². The minimum absolute atomic E-state index is 0.0651. The van der Waals surface area contributed by atoms with Gasteiger partial charge in [-0.1, -0.05) is 13.2 Å². The maximum absolute atomic E-state index is 11.5. The quantitative estimate of drug-likeness (QED) is 0.382. The van der Waals surface area contributed by atoms with E-state index < -0.39 is 56.9 Å². The molecule has 0 N–H and O–H groups in total. The molecule has 0 bridgehead atoms. The minimum atomic E-state index is -4.48. The predicted molar refractivity (Wildman–Crippen MR) is 80.2 cm³/mol. The van der Waals surface area contributed by atoms with E-state index in [2.05, 4.69) is 26.3 Å². The lowest BCUT2D eigenvalue weighted by molar-refractivity contribution is -0.139. The first-order valence-electron chi connectivity index (χ1n) is 6.18. The van der Waals surface area contributed by atoms with Gasteiger partial charge in [-0.3, -0.25) is 0 Å². The highest BCUT2D eigenvalue weighted by atomic mass is 32.3. The smallest absolute Gasteiger partial charge is 0.333 e. The van der Waals surface area contributed by atoms with Gasteiger partial charge in [0, 0.05) is 11.1 Å². The van der Waals surface area contributed by atoms with E-state index in [0.29, 0.717) is 0 Å². The molecule has 132 valence electrons. The minimum Gasteiger partial charge on any atom is -0.461 e. The normalized spacial score (nSPS) is 11.6. The third-order valence-electron chi connectivity index (χ3n) is 2.04. The molecule has 0 aliphatic heterocycles. The summed E-state index contributed by atoms with van der Waals surface area (Å²) < 4.78 is 58.9. The van der Waals surface area contributed by atoms with Crippen LogP contribution in [0.5, 0.6) is 0 Å². The zero-order valence-corrected chi connectivity index (χ0v) is 14.4. The predicted octanol–water partition coefficient (Wildman–Crippen LogP) is -0.0988. The zero-order valence-electron chi connectivity index (χ0n) is 12.7. The van der Waals surface area contributed by atoms with Crippen molar-refractivity contribution in [3.63, 3.8) is 0 Å². The van der Waals surface area contributed by atoms with Gasteiger partial charge < -0.3 is 9.47 Å². The van der Waals surface area contributed by atoms with Gasteiger partial charge >= 0.3 is 11.9 Å². The van der Waals surface area contributed by atoms with Crippen molar-refractivity contribution < 1.29 is 39.5 Å². The summed E-state index contributed by atoms with van der Waals surface area (Å²) in [7, 11) is -8.96. The maximum Gasteiger partial charge on any atom is 0.333 e. The molecular weight excluding hydrogens is 352 g/mol. The van der Waals surface area contributed by atoms with Crippen molar-refractivity contribution in [3.05, 3.63) is 24.3 Å². The van der Waals surface area contributed by atoms with Gasteiger partial charge in [0.05, 0.1) is 0 Å². The first-order valence-corrected chi connectivity index (χ1v) is 9.33. The monoisotopic (exact) mass is 370 g/mol. The van der Waals surface area contributed by atoms with Crippen molar-refractivity contribution in [2.45, 2.75) is 13.8 Å². The molecule has 0 spiro atoms. The zero-order chi connectivity index (χ0) is 18.3. The lowest BCUT2D eigenvalue weighted by atomic mass is 10.4. The second-order valence-electron chi connectivity index (χ2n) is 4.42. The van der Waals surface area contributed by atoms with E-state index in [1.54, 1.807) is 0 Å². The first-order chi connectivity index (χ1) is 10.4. The van der Waals surface area contributed by atoms with E-state index >= 15 is 0 Å². The second kappa shape index (κ2) is 8.79. The lowest BCUT2D eigenvalue weighted by Crippen LogP contribution is -2.24. The third-order valence-corrected chi connectivity index (χ3v) is 5.03. The fourth-order valence-corrected chi connectivity index (χ4v) is 3.33. The van der Waals surface area contributed by atoms with Crippen molar-refractivity contribution >= 4 is 32.2 Å². The summed E-state index contributed by atoms with van der Waals surface area (Å²) in [4.78, 5) is 22.1. The van der Waals surface area contributed by atoms with Gasteiger partial charge in [0.15, 0.2) is 0 Å². The maximum atomic E-state index is 11.5. The Morgan fingerprint density at radius 3 is 1.35 bits per heavy atom. The molecule has 0 saturated heterocycles. The molecule has 0 atom stereocenters. The van der Waals surface area contributed by atoms with Crippen LogP contribution < -0.4 is 0 Å². The van der Waals surface area contributed by atoms with Crippen LogP contribution in [-0.4, -0.2) is 53.5 Å². The Balaban J connectivity index is 4.41. The Bertz CT molecular complexity index is 626. The van der Waals surface area contributed by atoms with Crippen LogP contribution in [0.3, 0.4) is 0 Å². The van der Waals surface area contributed by atoms with Gasteiger partial charge in [-0.2, -0.15) is 16.8 Å². The average Bonchev–Trinajstić information content (AvgIpc) is 2.36. The summed E-state index contributed by atoms with van der Waals surface area (Å²) in [6.07, 6.45) is 0. The standard InChI is InChI=1S/C12H18O9S2/c1-9(2)11(13)19-5-7-22(15,16)21-23(17,18)8-6-20-12(14)10(3)4/h1,3,5-8H2,2,4H3. The topological polar surface area (TPSA) is 130 Å². The summed E-state index contributed by atoms with van der Waals surface area (Å²) in [6, 6.07) is 0. The van der Waals surface area contributed by atoms with Crippen molar-refractivity contribution in [2.75, 3.05) is 24.7 Å². The Hall–Kier alpha value is -1.72. The molecular formula is C12H18O9S2. The molecule has 0 saturated carbocycles. The SMILES string of the molecule is C=C(C)C(=O)OCCS(=O)(=O)OS(=O)(=O)CCOC(=O)C(=C)C. The van der Waals surface area contributed by atoms with Crippen molar-refractivity contribution in [3.8, 4) is 0 Å². The number of hydrogen-bond acceptors (Lipinski definition) is 9. The number of hydrogen-bond donors (Lipinski definition) is 0. The van der Waals surface area contributed by atoms with Crippen LogP contribution in [0.1, 0.15) is 13.8 Å². The summed E-state index contributed by atoms with van der Waals surface area (Å²) in [6.45, 7) is 8.13. The molecule has 0 amide bonds. The highest BCUT2D eigenvalue weighted by Gasteiger charge is 2.24. The number of carbonyl (C=O) groups excluding carboxylic acids is 2. The van der Waals surface area contributed by atoms with Crippen LogP contribution in [0, 0.1) is 0 Å². The molecule has 0 fully saturated rings. The van der Waals surface area contributed by atoms with Crippen LogP contribution in [0.15, 0.2) is 24.3 Å². The fourth-order valence-electron chi connectivity index (χ4n) is 0.945.